The van der Waals surface area contributed by atoms with Crippen molar-refractivity contribution < 1.29 is 18.7 Å². The predicted octanol–water partition coefficient (Wildman–Crippen LogP) is 2.04. The van der Waals surface area contributed by atoms with Gasteiger partial charge in [0, 0.05) is 24.7 Å². The number of tetrazole rings is 1. The van der Waals surface area contributed by atoms with Crippen LogP contribution in [0.2, 0.25) is 0 Å². The number of para-hydroxylation sites is 1. The maximum atomic E-state index is 12.4. The molecule has 0 saturated carbocycles. The number of nitrogens with zero attached hydrogens (tertiary/aromatic N) is 4. The van der Waals surface area contributed by atoms with Crippen molar-refractivity contribution in [3.8, 4) is 5.69 Å². The average molecular weight is 406 g/mol. The molecule has 30 heavy (non-hydrogen) atoms. The Morgan fingerprint density at radius 2 is 1.90 bits per heavy atom. The van der Waals surface area contributed by atoms with Gasteiger partial charge in [-0.1, -0.05) is 18.2 Å². The Morgan fingerprint density at radius 3 is 2.67 bits per heavy atom. The van der Waals surface area contributed by atoms with Gasteiger partial charge in [0.15, 0.2) is 5.76 Å². The summed E-state index contributed by atoms with van der Waals surface area (Å²) in [7, 11) is 1.55. The van der Waals surface area contributed by atoms with Crippen LogP contribution in [0.15, 0.2) is 59.0 Å². The minimum Gasteiger partial charge on any atom is -0.451 e. The number of anilines is 1. The molecule has 2 amide bonds. The van der Waals surface area contributed by atoms with E-state index in [1.165, 1.54) is 4.80 Å². The molecule has 152 valence electrons. The molecule has 0 unspecified atom stereocenters. The highest BCUT2D eigenvalue weighted by Crippen LogP contribution is 2.20. The molecule has 0 spiro atoms. The summed E-state index contributed by atoms with van der Waals surface area (Å²) in [4.78, 5) is 25.6. The number of furan rings is 1. The van der Waals surface area contributed by atoms with E-state index in [4.69, 9.17) is 9.15 Å². The van der Waals surface area contributed by atoms with Crippen LogP contribution in [0.4, 0.5) is 5.69 Å². The van der Waals surface area contributed by atoms with Crippen molar-refractivity contribution in [1.82, 2.24) is 25.5 Å². The summed E-state index contributed by atoms with van der Waals surface area (Å²) in [6, 6.07) is 15.9. The van der Waals surface area contributed by atoms with Crippen molar-refractivity contribution in [3.05, 3.63) is 66.2 Å². The molecule has 2 aromatic carbocycles. The molecule has 0 fully saturated rings. The van der Waals surface area contributed by atoms with Gasteiger partial charge in [-0.25, -0.2) is 0 Å². The normalized spacial score (nSPS) is 10.8. The van der Waals surface area contributed by atoms with Crippen LogP contribution in [-0.2, 0) is 4.74 Å². The van der Waals surface area contributed by atoms with Crippen molar-refractivity contribution in [2.45, 2.75) is 0 Å². The van der Waals surface area contributed by atoms with Gasteiger partial charge < -0.3 is 19.8 Å². The van der Waals surface area contributed by atoms with E-state index in [0.717, 1.165) is 5.39 Å². The van der Waals surface area contributed by atoms with Crippen molar-refractivity contribution >= 4 is 28.5 Å². The number of aromatic nitrogens is 4. The van der Waals surface area contributed by atoms with E-state index in [-0.39, 0.29) is 17.5 Å². The molecule has 2 aromatic heterocycles. The zero-order valence-corrected chi connectivity index (χ0v) is 16.0. The molecular weight excluding hydrogens is 388 g/mol. The maximum absolute atomic E-state index is 12.4. The maximum Gasteiger partial charge on any atom is 0.292 e. The summed E-state index contributed by atoms with van der Waals surface area (Å²) >= 11 is 0. The first-order chi connectivity index (χ1) is 14.6. The highest BCUT2D eigenvalue weighted by molar-refractivity contribution is 6.04. The van der Waals surface area contributed by atoms with Crippen LogP contribution < -0.4 is 10.6 Å². The zero-order chi connectivity index (χ0) is 20.9. The van der Waals surface area contributed by atoms with Crippen LogP contribution in [0.25, 0.3) is 16.7 Å². The number of benzene rings is 2. The van der Waals surface area contributed by atoms with Gasteiger partial charge in [-0.05, 0) is 41.6 Å². The van der Waals surface area contributed by atoms with Crippen LogP contribution in [0.5, 0.6) is 0 Å². The topological polar surface area (TPSA) is 124 Å². The summed E-state index contributed by atoms with van der Waals surface area (Å²) in [5.74, 6) is -0.614. The number of ether oxygens (including phenoxy) is 1. The molecule has 10 heteroatoms. The van der Waals surface area contributed by atoms with Crippen LogP contribution >= 0.6 is 0 Å². The lowest BCUT2D eigenvalue weighted by Gasteiger charge is -2.04. The molecule has 0 radical (unpaired) electrons. The first-order valence-electron chi connectivity index (χ1n) is 9.11. The van der Waals surface area contributed by atoms with Gasteiger partial charge in [0.1, 0.15) is 5.58 Å². The molecule has 2 N–H and O–H groups in total. The minimum atomic E-state index is -0.437. The largest absolute Gasteiger partial charge is 0.451 e. The van der Waals surface area contributed by atoms with Gasteiger partial charge in [-0.15, -0.1) is 15.0 Å². The number of fused-ring (bicyclic) bond motifs is 1. The summed E-state index contributed by atoms with van der Waals surface area (Å²) in [6.45, 7) is 0.741. The van der Waals surface area contributed by atoms with E-state index in [2.05, 4.69) is 26.0 Å². The fourth-order valence-corrected chi connectivity index (χ4v) is 2.72. The Kier molecular flexibility index (Phi) is 5.48. The molecule has 4 rings (SSSR count). The third-order valence-electron chi connectivity index (χ3n) is 4.21. The Morgan fingerprint density at radius 1 is 1.10 bits per heavy atom. The molecule has 0 atom stereocenters. The second kappa shape index (κ2) is 8.53. The van der Waals surface area contributed by atoms with Crippen LogP contribution in [0, 0.1) is 0 Å². The number of methoxy groups -OCH3 is 1. The smallest absolute Gasteiger partial charge is 0.292 e. The second-order valence-electron chi connectivity index (χ2n) is 6.30. The molecule has 0 aliphatic rings. The number of amides is 2. The minimum absolute atomic E-state index is 0.0478. The van der Waals surface area contributed by atoms with Gasteiger partial charge in [0.05, 0.1) is 12.3 Å². The van der Waals surface area contributed by atoms with Gasteiger partial charge in [-0.3, -0.25) is 9.59 Å². The van der Waals surface area contributed by atoms with Crippen molar-refractivity contribution in [2.75, 3.05) is 25.6 Å². The van der Waals surface area contributed by atoms with Crippen molar-refractivity contribution in [3.63, 3.8) is 0 Å². The number of carbonyl (C=O) groups is 2. The van der Waals surface area contributed by atoms with E-state index in [1.807, 2.05) is 18.2 Å². The number of hydrogen-bond acceptors (Lipinski definition) is 7. The second-order valence-corrected chi connectivity index (χ2v) is 6.30. The van der Waals surface area contributed by atoms with Crippen LogP contribution in [0.3, 0.4) is 0 Å². The lowest BCUT2D eigenvalue weighted by Crippen LogP contribution is -2.28. The Bertz CT molecular complexity index is 1150. The first-order valence-corrected chi connectivity index (χ1v) is 9.11. The molecule has 10 nitrogen and oxygen atoms in total. The Labute approximate surface area is 170 Å². The lowest BCUT2D eigenvalue weighted by atomic mass is 10.2. The molecule has 0 saturated heterocycles. The standard InChI is InChI=1S/C20H18N6O4/c1-29-11-10-21-20(28)18-23-25-26(24-18)15-8-6-14(7-9-15)22-19(27)17-12-13-4-2-3-5-16(13)30-17/h2-9,12H,10-11H2,1H3,(H,21,28)(H,22,27). The zero-order valence-electron chi connectivity index (χ0n) is 16.0. The fourth-order valence-electron chi connectivity index (χ4n) is 2.72. The summed E-state index contributed by atoms with van der Waals surface area (Å²) < 4.78 is 10.4. The molecule has 4 aromatic rings. The molecule has 0 aliphatic heterocycles. The van der Waals surface area contributed by atoms with Crippen LogP contribution in [-0.4, -0.2) is 52.3 Å². The van der Waals surface area contributed by atoms with Gasteiger partial charge in [-0.2, -0.15) is 0 Å². The first kappa shape index (κ1) is 19.3. The molecule has 0 aliphatic carbocycles. The summed E-state index contributed by atoms with van der Waals surface area (Å²) in [5.41, 5.74) is 1.80. The summed E-state index contributed by atoms with van der Waals surface area (Å²) in [6.07, 6.45) is 0. The summed E-state index contributed by atoms with van der Waals surface area (Å²) in [5, 5.41) is 17.9. The molecule has 0 bridgehead atoms. The predicted molar refractivity (Wildman–Crippen MR) is 108 cm³/mol. The van der Waals surface area contributed by atoms with Crippen LogP contribution in [0.1, 0.15) is 21.2 Å². The number of carbonyl (C=O) groups excluding carboxylic acids is 2. The third-order valence-corrected chi connectivity index (χ3v) is 4.21. The number of hydrogen-bond donors (Lipinski definition) is 2. The Hall–Kier alpha value is -4.05. The SMILES string of the molecule is COCCNC(=O)c1nnn(-c2ccc(NC(=O)c3cc4ccccc4o3)cc2)n1. The quantitative estimate of drug-likeness (QED) is 0.450. The van der Waals surface area contributed by atoms with E-state index >= 15 is 0 Å². The lowest BCUT2D eigenvalue weighted by molar-refractivity contribution is 0.0926. The highest BCUT2D eigenvalue weighted by atomic mass is 16.5. The molecular formula is C20H18N6O4. The fraction of sp³-hybridized carbons (Fsp3) is 0.150. The Balaban J connectivity index is 1.41. The van der Waals surface area contributed by atoms with Gasteiger partial charge in [0.25, 0.3) is 17.6 Å². The van der Waals surface area contributed by atoms with E-state index < -0.39 is 5.91 Å². The van der Waals surface area contributed by atoms with Crippen molar-refractivity contribution in [1.29, 1.82) is 0 Å². The van der Waals surface area contributed by atoms with Crippen molar-refractivity contribution in [2.24, 2.45) is 0 Å². The highest BCUT2D eigenvalue weighted by Gasteiger charge is 2.14. The number of rotatable bonds is 7. The van der Waals surface area contributed by atoms with Gasteiger partial charge in [0.2, 0.25) is 0 Å². The van der Waals surface area contributed by atoms with Gasteiger partial charge >= 0.3 is 0 Å². The third kappa shape index (κ3) is 4.18. The number of nitrogens with one attached hydrogen (secondary N) is 2. The molecule has 2 heterocycles. The average Bonchev–Trinajstić information content (AvgIpc) is 3.42. The van der Waals surface area contributed by atoms with E-state index in [0.29, 0.717) is 30.1 Å². The van der Waals surface area contributed by atoms with E-state index in [1.54, 1.807) is 43.5 Å². The monoisotopic (exact) mass is 406 g/mol. The van der Waals surface area contributed by atoms with E-state index in [9.17, 15) is 9.59 Å².